The number of aromatic nitrogens is 2. The van der Waals surface area contributed by atoms with Gasteiger partial charge in [-0.3, -0.25) is 9.59 Å². The molecular weight excluding hydrogens is 308 g/mol. The number of amides is 2. The molecule has 1 N–H and O–H groups in total. The van der Waals surface area contributed by atoms with Gasteiger partial charge >= 0.3 is 0 Å². The molecule has 1 saturated heterocycles. The quantitative estimate of drug-likeness (QED) is 0.903. The number of nitrogens with one attached hydrogen (secondary N) is 1. The second kappa shape index (κ2) is 6.84. The summed E-state index contributed by atoms with van der Waals surface area (Å²) in [5, 5.41) is 6.84. The number of likely N-dealkylation sites (N-methyl/N-ethyl adjacent to an activating group) is 1. The second-order valence-electron chi connectivity index (χ2n) is 5.68. The van der Waals surface area contributed by atoms with Gasteiger partial charge in [0.1, 0.15) is 0 Å². The topological polar surface area (TPSA) is 76.5 Å². The van der Waals surface area contributed by atoms with Gasteiger partial charge < -0.3 is 15.0 Å². The maximum Gasteiger partial charge on any atom is 0.257 e. The highest BCUT2D eigenvalue weighted by Crippen LogP contribution is 2.15. The van der Waals surface area contributed by atoms with Crippen molar-refractivity contribution in [3.05, 3.63) is 47.8 Å². The molecule has 2 heterocycles. The van der Waals surface area contributed by atoms with Gasteiger partial charge in [-0.1, -0.05) is 18.2 Å². The Hall–Kier alpha value is -2.67. The van der Waals surface area contributed by atoms with Gasteiger partial charge in [0.25, 0.3) is 11.8 Å². The summed E-state index contributed by atoms with van der Waals surface area (Å²) >= 11 is 0. The van der Waals surface area contributed by atoms with Crippen LogP contribution in [0.1, 0.15) is 15.9 Å². The lowest BCUT2D eigenvalue weighted by atomic mass is 10.2. The maximum atomic E-state index is 12.7. The lowest BCUT2D eigenvalue weighted by Gasteiger charge is -2.31. The molecule has 0 spiro atoms. The van der Waals surface area contributed by atoms with E-state index in [1.165, 1.54) is 0 Å². The highest BCUT2D eigenvalue weighted by molar-refractivity contribution is 5.94. The Morgan fingerprint density at radius 2 is 2.12 bits per heavy atom. The molecule has 2 aromatic rings. The Bertz CT molecular complexity index is 756. The van der Waals surface area contributed by atoms with Crippen LogP contribution in [0.2, 0.25) is 0 Å². The van der Waals surface area contributed by atoms with Gasteiger partial charge in [-0.2, -0.15) is 5.10 Å². The number of para-hydroxylation sites is 1. The molecule has 7 heteroatoms. The van der Waals surface area contributed by atoms with E-state index in [-0.39, 0.29) is 18.4 Å². The van der Waals surface area contributed by atoms with Crippen molar-refractivity contribution < 1.29 is 14.3 Å². The molecule has 1 fully saturated rings. The fraction of sp³-hybridized carbons (Fsp3) is 0.353. The monoisotopic (exact) mass is 328 g/mol. The molecule has 24 heavy (non-hydrogen) atoms. The van der Waals surface area contributed by atoms with Crippen LogP contribution in [0, 0.1) is 6.92 Å². The van der Waals surface area contributed by atoms with Crippen molar-refractivity contribution in [2.24, 2.45) is 0 Å². The van der Waals surface area contributed by atoms with Gasteiger partial charge in [0.15, 0.2) is 6.10 Å². The van der Waals surface area contributed by atoms with Crippen molar-refractivity contribution in [3.63, 3.8) is 0 Å². The van der Waals surface area contributed by atoms with Crippen molar-refractivity contribution >= 4 is 11.8 Å². The smallest absolute Gasteiger partial charge is 0.257 e. The van der Waals surface area contributed by atoms with Crippen LogP contribution in [0.15, 0.2) is 36.7 Å². The minimum absolute atomic E-state index is 0.146. The highest BCUT2D eigenvalue weighted by Gasteiger charge is 2.29. The molecule has 1 aromatic heterocycles. The largest absolute Gasteiger partial charge is 0.365 e. The highest BCUT2D eigenvalue weighted by atomic mass is 16.5. The first-order valence-corrected chi connectivity index (χ1v) is 7.83. The number of morpholine rings is 1. The first kappa shape index (κ1) is 16.2. The number of benzene rings is 1. The standard InChI is InChI=1S/C17H20N4O3/c1-12-5-3-4-6-14(12)21-10-13(9-19-21)17(23)20-7-8-24-15(11-20)16(22)18-2/h3-6,9-10,15H,7-8,11H2,1-2H3,(H,18,22). The van der Waals surface area contributed by atoms with Gasteiger partial charge in [-0.15, -0.1) is 0 Å². The van der Waals surface area contributed by atoms with Gasteiger partial charge in [0, 0.05) is 19.8 Å². The molecule has 7 nitrogen and oxygen atoms in total. The number of ether oxygens (including phenoxy) is 1. The van der Waals surface area contributed by atoms with Crippen LogP contribution in [0.3, 0.4) is 0 Å². The van der Waals surface area contributed by atoms with E-state index in [9.17, 15) is 9.59 Å². The van der Waals surface area contributed by atoms with E-state index in [1.807, 2.05) is 31.2 Å². The molecular formula is C17H20N4O3. The van der Waals surface area contributed by atoms with Crippen molar-refractivity contribution in [1.29, 1.82) is 0 Å². The van der Waals surface area contributed by atoms with E-state index < -0.39 is 6.10 Å². The summed E-state index contributed by atoms with van der Waals surface area (Å²) in [5.74, 6) is -0.366. The molecule has 0 aliphatic carbocycles. The first-order valence-electron chi connectivity index (χ1n) is 7.83. The van der Waals surface area contributed by atoms with Gasteiger partial charge in [0.2, 0.25) is 0 Å². The van der Waals surface area contributed by atoms with Crippen molar-refractivity contribution in [2.45, 2.75) is 13.0 Å². The number of nitrogens with zero attached hydrogens (tertiary/aromatic N) is 3. The Labute approximate surface area is 140 Å². The van der Waals surface area contributed by atoms with E-state index in [0.717, 1.165) is 11.3 Å². The molecule has 0 bridgehead atoms. The first-order chi connectivity index (χ1) is 11.6. The van der Waals surface area contributed by atoms with Crippen molar-refractivity contribution in [3.8, 4) is 5.69 Å². The minimum Gasteiger partial charge on any atom is -0.365 e. The minimum atomic E-state index is -0.626. The summed E-state index contributed by atoms with van der Waals surface area (Å²) in [6.45, 7) is 3.04. The molecule has 1 atom stereocenters. The Morgan fingerprint density at radius 3 is 2.88 bits per heavy atom. The molecule has 1 unspecified atom stereocenters. The summed E-state index contributed by atoms with van der Waals surface area (Å²) in [7, 11) is 1.55. The fourth-order valence-electron chi connectivity index (χ4n) is 2.72. The SMILES string of the molecule is CNC(=O)C1CN(C(=O)c2cnn(-c3ccccc3C)c2)CCO1. The number of hydrogen-bond acceptors (Lipinski definition) is 4. The molecule has 1 aromatic carbocycles. The predicted octanol–water partition coefficient (Wildman–Crippen LogP) is 0.768. The average Bonchev–Trinajstić information content (AvgIpc) is 3.10. The molecule has 0 saturated carbocycles. The third-order valence-corrected chi connectivity index (χ3v) is 4.08. The average molecular weight is 328 g/mol. The zero-order valence-electron chi connectivity index (χ0n) is 13.7. The zero-order valence-corrected chi connectivity index (χ0v) is 13.7. The summed E-state index contributed by atoms with van der Waals surface area (Å²) in [5.41, 5.74) is 2.50. The number of rotatable bonds is 3. The lowest BCUT2D eigenvalue weighted by Crippen LogP contribution is -2.51. The summed E-state index contributed by atoms with van der Waals surface area (Å²) in [6.07, 6.45) is 2.65. The number of hydrogen-bond donors (Lipinski definition) is 1. The third-order valence-electron chi connectivity index (χ3n) is 4.08. The number of aryl methyl sites for hydroxylation is 1. The van der Waals surface area contributed by atoms with Crippen molar-refractivity contribution in [2.75, 3.05) is 26.7 Å². The van der Waals surface area contributed by atoms with Crippen LogP contribution >= 0.6 is 0 Å². The van der Waals surface area contributed by atoms with Crippen LogP contribution in [-0.4, -0.2) is 59.3 Å². The molecule has 0 radical (unpaired) electrons. The van der Waals surface area contributed by atoms with E-state index in [1.54, 1.807) is 29.0 Å². The van der Waals surface area contributed by atoms with Gasteiger partial charge in [-0.25, -0.2) is 4.68 Å². The van der Waals surface area contributed by atoms with Crippen LogP contribution in [0.25, 0.3) is 5.69 Å². The predicted molar refractivity (Wildman–Crippen MR) is 88.0 cm³/mol. The van der Waals surface area contributed by atoms with Gasteiger partial charge in [-0.05, 0) is 18.6 Å². The summed E-state index contributed by atoms with van der Waals surface area (Å²) in [4.78, 5) is 26.0. The van der Waals surface area contributed by atoms with Crippen LogP contribution in [0.4, 0.5) is 0 Å². The maximum absolute atomic E-state index is 12.7. The van der Waals surface area contributed by atoms with Crippen LogP contribution in [0.5, 0.6) is 0 Å². The molecule has 2 amide bonds. The van der Waals surface area contributed by atoms with Crippen LogP contribution < -0.4 is 5.32 Å². The van der Waals surface area contributed by atoms with Crippen LogP contribution in [-0.2, 0) is 9.53 Å². The third kappa shape index (κ3) is 3.16. The number of carbonyl (C=O) groups excluding carboxylic acids is 2. The lowest BCUT2D eigenvalue weighted by molar-refractivity contribution is -0.136. The van der Waals surface area contributed by atoms with E-state index in [0.29, 0.717) is 18.7 Å². The molecule has 1 aliphatic rings. The number of carbonyl (C=O) groups is 2. The fourth-order valence-corrected chi connectivity index (χ4v) is 2.72. The summed E-state index contributed by atoms with van der Waals surface area (Å²) in [6, 6.07) is 7.84. The van der Waals surface area contributed by atoms with Crippen molar-refractivity contribution in [1.82, 2.24) is 20.0 Å². The zero-order chi connectivity index (χ0) is 17.1. The molecule has 3 rings (SSSR count). The molecule has 126 valence electrons. The van der Waals surface area contributed by atoms with E-state index in [4.69, 9.17) is 4.74 Å². The Morgan fingerprint density at radius 1 is 1.33 bits per heavy atom. The van der Waals surface area contributed by atoms with E-state index >= 15 is 0 Å². The summed E-state index contributed by atoms with van der Waals surface area (Å²) < 4.78 is 7.10. The Kier molecular flexibility index (Phi) is 4.61. The normalized spacial score (nSPS) is 17.6. The Balaban J connectivity index is 1.76. The second-order valence-corrected chi connectivity index (χ2v) is 5.68. The van der Waals surface area contributed by atoms with E-state index in [2.05, 4.69) is 10.4 Å². The van der Waals surface area contributed by atoms with Gasteiger partial charge in [0.05, 0.1) is 30.6 Å². The molecule has 1 aliphatic heterocycles.